The summed E-state index contributed by atoms with van der Waals surface area (Å²) in [5, 5.41) is 19.7. The monoisotopic (exact) mass is 764 g/mol. The molecule has 1 fully saturated rings. The van der Waals surface area contributed by atoms with Crippen LogP contribution in [0.3, 0.4) is 0 Å². The number of hydrogen-bond donors (Lipinski definition) is 1. The first-order valence-electron chi connectivity index (χ1n) is 19.5. The Morgan fingerprint density at radius 3 is 2.54 bits per heavy atom. The summed E-state index contributed by atoms with van der Waals surface area (Å²) in [7, 11) is 1.67. The molecule has 0 spiro atoms. The second kappa shape index (κ2) is 16.4. The Kier molecular flexibility index (Phi) is 11.5. The van der Waals surface area contributed by atoms with Crippen LogP contribution < -0.4 is 10.5 Å². The number of aromatic nitrogens is 2. The van der Waals surface area contributed by atoms with Crippen LogP contribution >= 0.6 is 0 Å². The maximum atomic E-state index is 15.0. The van der Waals surface area contributed by atoms with Crippen molar-refractivity contribution in [2.75, 3.05) is 51.3 Å². The van der Waals surface area contributed by atoms with Crippen LogP contribution in [0.25, 0.3) is 10.8 Å². The van der Waals surface area contributed by atoms with Crippen molar-refractivity contribution >= 4 is 34.0 Å². The zero-order valence-corrected chi connectivity index (χ0v) is 32.2. The molecule has 3 aromatic carbocycles. The minimum atomic E-state index is -0.572. The summed E-state index contributed by atoms with van der Waals surface area (Å²) in [5.41, 5.74) is 2.37. The number of nitrogens with zero attached hydrogens (tertiary/aromatic N) is 5. The highest BCUT2D eigenvalue weighted by molar-refractivity contribution is 5.96. The van der Waals surface area contributed by atoms with Crippen LogP contribution in [0.5, 0.6) is 0 Å². The van der Waals surface area contributed by atoms with Crippen molar-refractivity contribution in [3.05, 3.63) is 121 Å². The summed E-state index contributed by atoms with van der Waals surface area (Å²) in [6, 6.07) is 16.5. The van der Waals surface area contributed by atoms with E-state index in [-0.39, 0.29) is 56.8 Å². The van der Waals surface area contributed by atoms with Crippen LogP contribution in [0, 0.1) is 27.3 Å². The van der Waals surface area contributed by atoms with Crippen LogP contribution in [0.1, 0.15) is 79.0 Å². The highest BCUT2D eigenvalue weighted by Crippen LogP contribution is 2.52. The van der Waals surface area contributed by atoms with Crippen molar-refractivity contribution in [2.45, 2.75) is 64.3 Å². The SMILES string of the molecule is COCC(C)(C)C1C2CC=CC2c2cc([N+](=O)[O-])ccc2N1C(=O)CCCCCN1CCN(C(=O)c2cc(Cc3n[nH]c(=O)c4ccccc34)ccc2F)CC1. The normalized spacial score (nSPS) is 19.6. The van der Waals surface area contributed by atoms with Crippen molar-refractivity contribution in [1.29, 1.82) is 0 Å². The number of amides is 2. The third kappa shape index (κ3) is 7.88. The summed E-state index contributed by atoms with van der Waals surface area (Å²) in [4.78, 5) is 57.1. The Bertz CT molecular complexity index is 2210. The fraction of sp³-hybridized carbons (Fsp3) is 0.442. The van der Waals surface area contributed by atoms with Crippen LogP contribution in [0.2, 0.25) is 0 Å². The second-order valence-electron chi connectivity index (χ2n) is 16.0. The van der Waals surface area contributed by atoms with Gasteiger partial charge in [-0.05, 0) is 67.1 Å². The number of ether oxygens (including phenoxy) is 1. The lowest BCUT2D eigenvalue weighted by Crippen LogP contribution is -2.57. The summed E-state index contributed by atoms with van der Waals surface area (Å²) in [6.45, 7) is 7.86. The number of halogens is 1. The molecular formula is C43H49FN6O6. The largest absolute Gasteiger partial charge is 0.384 e. The van der Waals surface area contributed by atoms with E-state index in [9.17, 15) is 24.5 Å². The van der Waals surface area contributed by atoms with Crippen molar-refractivity contribution in [1.82, 2.24) is 20.0 Å². The number of non-ortho nitro benzene ring substituents is 1. The second-order valence-corrected chi connectivity index (χ2v) is 16.0. The number of nitro groups is 1. The molecular weight excluding hydrogens is 716 g/mol. The molecule has 56 heavy (non-hydrogen) atoms. The number of fused-ring (bicyclic) bond motifs is 4. The van der Waals surface area contributed by atoms with Gasteiger partial charge in [-0.15, -0.1) is 0 Å². The van der Waals surface area contributed by atoms with Gasteiger partial charge in [0.2, 0.25) is 5.91 Å². The average Bonchev–Trinajstić information content (AvgIpc) is 3.69. The number of aromatic amines is 1. The quantitative estimate of drug-likeness (QED) is 0.0693. The minimum Gasteiger partial charge on any atom is -0.384 e. The van der Waals surface area contributed by atoms with Gasteiger partial charge in [0.1, 0.15) is 5.82 Å². The number of anilines is 1. The predicted octanol–water partition coefficient (Wildman–Crippen LogP) is 6.63. The van der Waals surface area contributed by atoms with Gasteiger partial charge in [-0.25, -0.2) is 9.49 Å². The maximum Gasteiger partial charge on any atom is 0.272 e. The molecule has 13 heteroatoms. The molecule has 2 aliphatic heterocycles. The van der Waals surface area contributed by atoms with Gasteiger partial charge >= 0.3 is 0 Å². The van der Waals surface area contributed by atoms with Gasteiger partial charge in [-0.3, -0.25) is 29.4 Å². The number of unbranched alkanes of at least 4 members (excludes halogenated alkanes) is 2. The van der Waals surface area contributed by atoms with Gasteiger partial charge in [0.15, 0.2) is 0 Å². The van der Waals surface area contributed by atoms with Crippen molar-refractivity contribution in [2.24, 2.45) is 11.3 Å². The maximum absolute atomic E-state index is 15.0. The molecule has 0 radical (unpaired) electrons. The lowest BCUT2D eigenvalue weighted by molar-refractivity contribution is -0.384. The number of nitrogens with one attached hydrogen (secondary N) is 1. The van der Waals surface area contributed by atoms with E-state index in [1.54, 1.807) is 48.4 Å². The van der Waals surface area contributed by atoms with E-state index in [1.807, 2.05) is 17.0 Å². The molecule has 12 nitrogen and oxygen atoms in total. The van der Waals surface area contributed by atoms with Gasteiger partial charge in [0.25, 0.3) is 17.2 Å². The smallest absolute Gasteiger partial charge is 0.272 e. The molecule has 7 rings (SSSR count). The summed E-state index contributed by atoms with van der Waals surface area (Å²) >= 11 is 0. The summed E-state index contributed by atoms with van der Waals surface area (Å²) in [6.07, 6.45) is 8.20. The third-order valence-corrected chi connectivity index (χ3v) is 11.8. The molecule has 294 valence electrons. The standard InChI is InChI=1S/C43H49FN6O6/c1-43(2,27-56-3)40-32-13-9-12-30(32)34-26-29(50(54)55)16-18-38(34)49(40)39(51)14-5-4-8-19-47-20-22-48(23-21-47)42(53)35-24-28(15-17-36(35)44)25-37-31-10-6-7-11-33(31)41(52)46-45-37/h6-7,9-12,15-18,24,26,30,32,40H,4-5,8,13-14,19-23,25,27H2,1-3H3,(H,46,52). The summed E-state index contributed by atoms with van der Waals surface area (Å²) < 4.78 is 20.7. The number of methoxy groups -OCH3 is 1. The first-order chi connectivity index (χ1) is 27.0. The Morgan fingerprint density at radius 2 is 1.79 bits per heavy atom. The fourth-order valence-electron chi connectivity index (χ4n) is 9.09. The van der Waals surface area contributed by atoms with Crippen LogP contribution in [0.15, 0.2) is 77.6 Å². The van der Waals surface area contributed by atoms with Crippen molar-refractivity contribution in [3.63, 3.8) is 0 Å². The molecule has 1 aromatic heterocycles. The first-order valence-corrected chi connectivity index (χ1v) is 19.5. The number of H-pyrrole nitrogens is 1. The zero-order chi connectivity index (χ0) is 39.6. The Hall–Kier alpha value is -5.27. The van der Waals surface area contributed by atoms with Crippen LogP contribution in [-0.2, 0) is 16.0 Å². The molecule has 3 heterocycles. The van der Waals surface area contributed by atoms with E-state index in [4.69, 9.17) is 4.74 Å². The van der Waals surface area contributed by atoms with Gasteiger partial charge in [0.05, 0.1) is 28.2 Å². The number of carbonyl (C=O) groups is 2. The number of benzene rings is 3. The Labute approximate surface area is 325 Å². The van der Waals surface area contributed by atoms with Crippen LogP contribution in [-0.4, -0.2) is 89.2 Å². The molecule has 2 amide bonds. The molecule has 3 atom stereocenters. The van der Waals surface area contributed by atoms with Gasteiger partial charge in [-0.2, -0.15) is 5.10 Å². The number of piperazine rings is 1. The Balaban J connectivity index is 0.926. The van der Waals surface area contributed by atoms with E-state index in [0.29, 0.717) is 63.1 Å². The van der Waals surface area contributed by atoms with Gasteiger partial charge in [0, 0.05) is 86.7 Å². The highest BCUT2D eigenvalue weighted by Gasteiger charge is 2.50. The lowest BCUT2D eigenvalue weighted by atomic mass is 9.68. The van der Waals surface area contributed by atoms with E-state index in [1.165, 1.54) is 12.1 Å². The summed E-state index contributed by atoms with van der Waals surface area (Å²) in [5.74, 6) is -0.793. The highest BCUT2D eigenvalue weighted by atomic mass is 19.1. The zero-order valence-electron chi connectivity index (χ0n) is 32.2. The number of nitro benzene ring substituents is 1. The van der Waals surface area contributed by atoms with E-state index in [2.05, 4.69) is 41.1 Å². The van der Waals surface area contributed by atoms with E-state index in [0.717, 1.165) is 48.0 Å². The molecule has 1 N–H and O–H groups in total. The van der Waals surface area contributed by atoms with Crippen molar-refractivity contribution in [3.8, 4) is 0 Å². The molecule has 1 saturated heterocycles. The van der Waals surface area contributed by atoms with E-state index >= 15 is 4.39 Å². The molecule has 1 aliphatic carbocycles. The molecule has 4 aromatic rings. The molecule has 0 bridgehead atoms. The van der Waals surface area contributed by atoms with E-state index < -0.39 is 5.82 Å². The minimum absolute atomic E-state index is 0.00209. The fourth-order valence-corrected chi connectivity index (χ4v) is 9.09. The molecule has 3 aliphatic rings. The number of allylic oxidation sites excluding steroid dienone is 2. The number of carbonyl (C=O) groups excluding carboxylic acids is 2. The van der Waals surface area contributed by atoms with Crippen molar-refractivity contribution < 1.29 is 23.6 Å². The number of hydrogen-bond acceptors (Lipinski definition) is 8. The average molecular weight is 765 g/mol. The molecule has 3 unspecified atom stereocenters. The van der Waals surface area contributed by atoms with Gasteiger partial charge < -0.3 is 14.5 Å². The first kappa shape index (κ1) is 39.0. The molecule has 0 saturated carbocycles. The third-order valence-electron chi connectivity index (χ3n) is 11.8. The Morgan fingerprint density at radius 1 is 1.02 bits per heavy atom. The predicted molar refractivity (Wildman–Crippen MR) is 212 cm³/mol. The van der Waals surface area contributed by atoms with Crippen LogP contribution in [0.4, 0.5) is 15.8 Å². The lowest BCUT2D eigenvalue weighted by Gasteiger charge is -2.51. The topological polar surface area (TPSA) is 142 Å². The van der Waals surface area contributed by atoms with Gasteiger partial charge in [-0.1, -0.05) is 56.7 Å². The number of rotatable bonds is 13.